The van der Waals surface area contributed by atoms with Crippen molar-refractivity contribution in [2.75, 3.05) is 0 Å². The van der Waals surface area contributed by atoms with Crippen LogP contribution in [0.2, 0.25) is 0 Å². The van der Waals surface area contributed by atoms with E-state index in [0.29, 0.717) is 0 Å². The number of benzene rings is 6. The van der Waals surface area contributed by atoms with Gasteiger partial charge in [-0.15, -0.1) is 0 Å². The molecule has 284 valence electrons. The minimum absolute atomic E-state index is 0.736. The van der Waals surface area contributed by atoms with Crippen molar-refractivity contribution >= 4 is 65.4 Å². The zero-order valence-electron chi connectivity index (χ0n) is 33.2. The Labute approximate surface area is 345 Å². The molecule has 6 aromatic carbocycles. The second-order valence-corrected chi connectivity index (χ2v) is 16.0. The molecule has 60 heavy (non-hydrogen) atoms. The maximum Gasteiger partial charge on any atom is 0.0734 e. The Morgan fingerprint density at radius 1 is 0.517 bits per heavy atom. The molecule has 0 spiro atoms. The maximum absolute atomic E-state index is 5.33. The molecule has 12 rings (SSSR count). The van der Waals surface area contributed by atoms with Crippen LogP contribution >= 0.6 is 0 Å². The molecule has 0 aliphatic rings. The summed E-state index contributed by atoms with van der Waals surface area (Å²) in [5.41, 5.74) is 18.5. The molecule has 6 heterocycles. The number of para-hydroxylation sites is 2. The highest BCUT2D eigenvalue weighted by molar-refractivity contribution is 6.02. The van der Waals surface area contributed by atoms with E-state index in [2.05, 4.69) is 199 Å². The van der Waals surface area contributed by atoms with Gasteiger partial charge < -0.3 is 14.5 Å². The van der Waals surface area contributed by atoms with Crippen molar-refractivity contribution in [2.24, 2.45) is 7.05 Å². The van der Waals surface area contributed by atoms with Crippen LogP contribution in [0.1, 0.15) is 16.8 Å². The van der Waals surface area contributed by atoms with Crippen molar-refractivity contribution in [1.82, 2.24) is 29.5 Å². The summed E-state index contributed by atoms with van der Waals surface area (Å²) in [5, 5.41) is 6.90. The molecule has 0 aliphatic carbocycles. The van der Waals surface area contributed by atoms with Gasteiger partial charge in [-0.05, 0) is 89.8 Å². The Bertz CT molecular complexity index is 3680. The number of H-pyrrole nitrogens is 2. The molecular weight excluding hydrogens is 733 g/mol. The van der Waals surface area contributed by atoms with Gasteiger partial charge in [0.2, 0.25) is 0 Å². The third kappa shape index (κ3) is 5.60. The van der Waals surface area contributed by atoms with E-state index < -0.39 is 0 Å². The number of aromatic amines is 2. The van der Waals surface area contributed by atoms with E-state index in [1.807, 2.05) is 0 Å². The number of hydrogen-bond acceptors (Lipinski definition) is 3. The van der Waals surface area contributed by atoms with Crippen LogP contribution in [0.4, 0.5) is 0 Å². The third-order valence-electron chi connectivity index (χ3n) is 12.2. The average molecular weight is 771 g/mol. The first-order valence-corrected chi connectivity index (χ1v) is 20.4. The lowest BCUT2D eigenvalue weighted by Gasteiger charge is -2.10. The molecule has 0 aliphatic heterocycles. The van der Waals surface area contributed by atoms with E-state index in [0.717, 1.165) is 101 Å². The fraction of sp³-hybridized carbons (Fsp3) is 0.0556. The van der Waals surface area contributed by atoms with Gasteiger partial charge in [-0.2, -0.15) is 0 Å². The van der Waals surface area contributed by atoms with Gasteiger partial charge in [-0.3, -0.25) is 0 Å². The summed E-state index contributed by atoms with van der Waals surface area (Å²) >= 11 is 0. The number of nitrogens with zero attached hydrogens (tertiary/aromatic N) is 4. The molecule has 6 nitrogen and oxygen atoms in total. The van der Waals surface area contributed by atoms with Crippen molar-refractivity contribution in [3.63, 3.8) is 0 Å². The quantitative estimate of drug-likeness (QED) is 0.177. The van der Waals surface area contributed by atoms with Crippen LogP contribution in [0.25, 0.3) is 110 Å². The van der Waals surface area contributed by atoms with Crippen LogP contribution in [0, 0.1) is 6.92 Å². The molecule has 0 radical (unpaired) electrons. The second kappa shape index (κ2) is 13.4. The lowest BCUT2D eigenvalue weighted by molar-refractivity contribution is 0.969. The fourth-order valence-electron chi connectivity index (χ4n) is 9.23. The first-order chi connectivity index (χ1) is 29.5. The summed E-state index contributed by atoms with van der Waals surface area (Å²) < 4.78 is 2.21. The van der Waals surface area contributed by atoms with Crippen molar-refractivity contribution in [3.05, 3.63) is 187 Å². The zero-order chi connectivity index (χ0) is 39.9. The Morgan fingerprint density at radius 3 is 2.22 bits per heavy atom. The number of pyridine rings is 3. The Kier molecular flexibility index (Phi) is 7.62. The highest BCUT2D eigenvalue weighted by Crippen LogP contribution is 2.38. The molecule has 12 aromatic rings. The Morgan fingerprint density at radius 2 is 1.27 bits per heavy atom. The molecule has 0 unspecified atom stereocenters. The minimum atomic E-state index is 0.736. The highest BCUT2D eigenvalue weighted by Gasteiger charge is 2.18. The lowest BCUT2D eigenvalue weighted by Crippen LogP contribution is -1.94. The van der Waals surface area contributed by atoms with Crippen LogP contribution in [0.5, 0.6) is 0 Å². The van der Waals surface area contributed by atoms with Crippen molar-refractivity contribution in [1.29, 1.82) is 0 Å². The first-order valence-electron chi connectivity index (χ1n) is 20.4. The number of hydrogen-bond donors (Lipinski definition) is 2. The number of aromatic nitrogens is 6. The monoisotopic (exact) mass is 770 g/mol. The summed E-state index contributed by atoms with van der Waals surface area (Å²) in [6, 6.07) is 56.2. The number of nitrogens with one attached hydrogen (secondary N) is 2. The maximum atomic E-state index is 5.33. The number of rotatable bonds is 6. The summed E-state index contributed by atoms with van der Waals surface area (Å²) in [5.74, 6) is 0. The van der Waals surface area contributed by atoms with E-state index in [-0.39, 0.29) is 0 Å². The second-order valence-electron chi connectivity index (χ2n) is 16.0. The largest absolute Gasteiger partial charge is 0.360 e. The summed E-state index contributed by atoms with van der Waals surface area (Å²) in [6.45, 7) is 2.12. The zero-order valence-corrected chi connectivity index (χ0v) is 33.2. The summed E-state index contributed by atoms with van der Waals surface area (Å²) in [7, 11) is 2.12. The summed E-state index contributed by atoms with van der Waals surface area (Å²) in [4.78, 5) is 22.8. The van der Waals surface area contributed by atoms with Gasteiger partial charge in [0.25, 0.3) is 0 Å². The van der Waals surface area contributed by atoms with E-state index in [1.165, 1.54) is 32.8 Å². The van der Waals surface area contributed by atoms with E-state index in [4.69, 9.17) is 15.0 Å². The molecule has 2 N–H and O–H groups in total. The fourth-order valence-corrected chi connectivity index (χ4v) is 9.23. The number of fused-ring (bicyclic) bond motifs is 6. The van der Waals surface area contributed by atoms with Gasteiger partial charge in [0.1, 0.15) is 0 Å². The molecule has 0 bridgehead atoms. The van der Waals surface area contributed by atoms with Crippen molar-refractivity contribution in [3.8, 4) is 44.9 Å². The van der Waals surface area contributed by atoms with Crippen molar-refractivity contribution < 1.29 is 0 Å². The molecule has 0 fully saturated rings. The van der Waals surface area contributed by atoms with Gasteiger partial charge >= 0.3 is 0 Å². The number of aryl methyl sites for hydroxylation is 2. The lowest BCUT2D eigenvalue weighted by atomic mass is 9.98. The topological polar surface area (TPSA) is 75.2 Å². The molecule has 6 aromatic heterocycles. The predicted octanol–water partition coefficient (Wildman–Crippen LogP) is 13.4. The van der Waals surface area contributed by atoms with E-state index >= 15 is 0 Å². The molecule has 6 heteroatoms. The summed E-state index contributed by atoms with van der Waals surface area (Å²) in [6.07, 6.45) is 5.01. The van der Waals surface area contributed by atoms with Crippen LogP contribution in [0.15, 0.2) is 170 Å². The molecule has 0 saturated heterocycles. The standard InChI is InChI=1S/C54H38N6/c1-32-14-20-39-42(30-55-51(39)26-32)47-24-21-38-37(10-7-13-45(38)57-47)36-17-16-35-18-22-48(58-50(35)29-36)43-31-60(2)53-25-15-33(27-41(43)53)28-52-54(40-9-4-6-12-46(40)59-52)49-23-19-34-8-3-5-11-44(34)56-49/h3-27,29-31,55,59H,28H2,1-2H3. The molecule has 0 saturated carbocycles. The van der Waals surface area contributed by atoms with Crippen molar-refractivity contribution in [2.45, 2.75) is 13.3 Å². The van der Waals surface area contributed by atoms with Gasteiger partial charge in [0.05, 0.1) is 33.6 Å². The molecular formula is C54H38N6. The molecule has 0 atom stereocenters. The van der Waals surface area contributed by atoms with Crippen LogP contribution in [-0.2, 0) is 13.5 Å². The highest BCUT2D eigenvalue weighted by atomic mass is 14.9. The van der Waals surface area contributed by atoms with Crippen LogP contribution in [-0.4, -0.2) is 29.5 Å². The SMILES string of the molecule is Cc1ccc2c(-c3ccc4c(-c5ccc6ccc(-c7cn(C)c8ccc(Cc9[nH]c%10ccccc%10c9-c9ccc%10ccccc%10n9)cc78)nc6c5)cccc4n3)c[nH]c2c1. The van der Waals surface area contributed by atoms with E-state index in [1.54, 1.807) is 0 Å². The van der Waals surface area contributed by atoms with Gasteiger partial charge in [0, 0.05) is 97.1 Å². The third-order valence-corrected chi connectivity index (χ3v) is 12.2. The predicted molar refractivity (Wildman–Crippen MR) is 248 cm³/mol. The van der Waals surface area contributed by atoms with Gasteiger partial charge in [-0.25, -0.2) is 15.0 Å². The molecule has 0 amide bonds. The first kappa shape index (κ1) is 34.2. The smallest absolute Gasteiger partial charge is 0.0734 e. The Hall–Kier alpha value is -7.83. The van der Waals surface area contributed by atoms with Gasteiger partial charge in [-0.1, -0.05) is 97.1 Å². The van der Waals surface area contributed by atoms with Crippen LogP contribution < -0.4 is 0 Å². The van der Waals surface area contributed by atoms with Crippen LogP contribution in [0.3, 0.4) is 0 Å². The average Bonchev–Trinajstić information content (AvgIpc) is 3.98. The normalized spacial score (nSPS) is 11.9. The van der Waals surface area contributed by atoms with Gasteiger partial charge in [0.15, 0.2) is 0 Å². The van der Waals surface area contributed by atoms with E-state index in [9.17, 15) is 0 Å². The minimum Gasteiger partial charge on any atom is -0.360 e. The Balaban J connectivity index is 0.909.